The lowest BCUT2D eigenvalue weighted by Gasteiger charge is -2.34. The highest BCUT2D eigenvalue weighted by atomic mass is 35.5. The molecular weight excluding hydrogens is 280 g/mol. The third kappa shape index (κ3) is 3.82. The van der Waals surface area contributed by atoms with Crippen molar-refractivity contribution in [3.63, 3.8) is 0 Å². The van der Waals surface area contributed by atoms with Gasteiger partial charge in [0.2, 0.25) is 0 Å². The van der Waals surface area contributed by atoms with Crippen LogP contribution in [0.1, 0.15) is 5.56 Å². The molecule has 7 heteroatoms. The Balaban J connectivity index is 1.88. The molecule has 110 valence electrons. The monoisotopic (exact) mass is 298 g/mol. The van der Waals surface area contributed by atoms with Crippen LogP contribution in [0.2, 0.25) is 5.15 Å². The Kier molecular flexibility index (Phi) is 5.17. The van der Waals surface area contributed by atoms with Gasteiger partial charge in [-0.05, 0) is 18.6 Å². The summed E-state index contributed by atoms with van der Waals surface area (Å²) < 4.78 is 0. The standard InChI is InChI=1S/C13H19ClN4O2/c1-10-8-11(9-15-12(10)14)16-13(20)18-4-2-17(3-5-18)6-7-19/h8-9,19H,2-7H2,1H3,(H,16,20). The average molecular weight is 299 g/mol. The highest BCUT2D eigenvalue weighted by molar-refractivity contribution is 6.30. The fraction of sp³-hybridized carbons (Fsp3) is 0.538. The first-order chi connectivity index (χ1) is 9.60. The Bertz CT molecular complexity index is 475. The van der Waals surface area contributed by atoms with Crippen LogP contribution in [0.15, 0.2) is 12.3 Å². The number of carbonyl (C=O) groups excluding carboxylic acids is 1. The normalized spacial score (nSPS) is 16.2. The van der Waals surface area contributed by atoms with Crippen molar-refractivity contribution >= 4 is 23.3 Å². The molecule has 2 rings (SSSR count). The van der Waals surface area contributed by atoms with Gasteiger partial charge in [-0.15, -0.1) is 0 Å². The number of urea groups is 1. The van der Waals surface area contributed by atoms with Crippen molar-refractivity contribution in [2.75, 3.05) is 44.6 Å². The summed E-state index contributed by atoms with van der Waals surface area (Å²) in [7, 11) is 0. The maximum atomic E-state index is 12.1. The van der Waals surface area contributed by atoms with Gasteiger partial charge in [0.1, 0.15) is 5.15 Å². The molecule has 2 N–H and O–H groups in total. The lowest BCUT2D eigenvalue weighted by Crippen LogP contribution is -2.50. The maximum absolute atomic E-state index is 12.1. The first-order valence-corrected chi connectivity index (χ1v) is 6.99. The minimum absolute atomic E-state index is 0.128. The third-order valence-corrected chi connectivity index (χ3v) is 3.74. The molecule has 20 heavy (non-hydrogen) atoms. The van der Waals surface area contributed by atoms with Crippen LogP contribution in [0.25, 0.3) is 0 Å². The summed E-state index contributed by atoms with van der Waals surface area (Å²) in [5.41, 5.74) is 1.48. The molecule has 1 aromatic rings. The highest BCUT2D eigenvalue weighted by Gasteiger charge is 2.20. The fourth-order valence-corrected chi connectivity index (χ4v) is 2.25. The number of β-amino-alcohol motifs (C(OH)–C–C–N with tert-alkyl or cyclic N) is 1. The smallest absolute Gasteiger partial charge is 0.321 e. The third-order valence-electron chi connectivity index (χ3n) is 3.34. The number of rotatable bonds is 3. The van der Waals surface area contributed by atoms with Crippen LogP contribution < -0.4 is 5.32 Å². The van der Waals surface area contributed by atoms with Crippen LogP contribution in [-0.2, 0) is 0 Å². The molecule has 2 amide bonds. The number of piperazine rings is 1. The largest absolute Gasteiger partial charge is 0.395 e. The molecule has 0 bridgehead atoms. The van der Waals surface area contributed by atoms with Crippen molar-refractivity contribution in [2.24, 2.45) is 0 Å². The molecule has 0 unspecified atom stereocenters. The predicted molar refractivity (Wildman–Crippen MR) is 78.1 cm³/mol. The predicted octanol–water partition coefficient (Wildman–Crippen LogP) is 1.19. The van der Waals surface area contributed by atoms with E-state index in [4.69, 9.17) is 16.7 Å². The molecule has 1 aliphatic heterocycles. The Labute approximate surface area is 123 Å². The van der Waals surface area contributed by atoms with Crippen LogP contribution in [0.4, 0.5) is 10.5 Å². The van der Waals surface area contributed by atoms with E-state index >= 15 is 0 Å². The van der Waals surface area contributed by atoms with Gasteiger partial charge in [0.15, 0.2) is 0 Å². The first kappa shape index (κ1) is 15.0. The molecule has 6 nitrogen and oxygen atoms in total. The summed E-state index contributed by atoms with van der Waals surface area (Å²) >= 11 is 5.85. The minimum atomic E-state index is -0.128. The Morgan fingerprint density at radius 2 is 2.15 bits per heavy atom. The van der Waals surface area contributed by atoms with Gasteiger partial charge in [0.25, 0.3) is 0 Å². The van der Waals surface area contributed by atoms with Crippen LogP contribution in [0.3, 0.4) is 0 Å². The fourth-order valence-electron chi connectivity index (χ4n) is 2.14. The van der Waals surface area contributed by atoms with E-state index in [1.807, 2.05) is 6.92 Å². The van der Waals surface area contributed by atoms with E-state index in [1.54, 1.807) is 17.2 Å². The molecule has 1 fully saturated rings. The van der Waals surface area contributed by atoms with Crippen molar-refractivity contribution in [3.8, 4) is 0 Å². The van der Waals surface area contributed by atoms with Crippen LogP contribution >= 0.6 is 11.6 Å². The van der Waals surface area contributed by atoms with Gasteiger partial charge in [0, 0.05) is 32.7 Å². The van der Waals surface area contributed by atoms with Crippen LogP contribution in [0, 0.1) is 6.92 Å². The second kappa shape index (κ2) is 6.88. The van der Waals surface area contributed by atoms with Gasteiger partial charge < -0.3 is 15.3 Å². The van der Waals surface area contributed by atoms with Gasteiger partial charge in [0.05, 0.1) is 18.5 Å². The van der Waals surface area contributed by atoms with E-state index in [-0.39, 0.29) is 12.6 Å². The Morgan fingerprint density at radius 3 is 2.75 bits per heavy atom. The molecule has 1 aromatic heterocycles. The number of halogens is 1. The number of amides is 2. The summed E-state index contributed by atoms with van der Waals surface area (Å²) in [5.74, 6) is 0. The molecule has 0 radical (unpaired) electrons. The summed E-state index contributed by atoms with van der Waals surface area (Å²) in [6.45, 7) is 5.55. The van der Waals surface area contributed by atoms with Gasteiger partial charge in [-0.25, -0.2) is 9.78 Å². The van der Waals surface area contributed by atoms with Crippen molar-refractivity contribution in [1.82, 2.24) is 14.8 Å². The molecule has 0 aromatic carbocycles. The summed E-state index contributed by atoms with van der Waals surface area (Å²) in [4.78, 5) is 20.0. The average Bonchev–Trinajstić information content (AvgIpc) is 2.44. The molecule has 2 heterocycles. The molecule has 0 saturated carbocycles. The number of aliphatic hydroxyl groups is 1. The van der Waals surface area contributed by atoms with Gasteiger partial charge in [-0.2, -0.15) is 0 Å². The second-order valence-corrected chi connectivity index (χ2v) is 5.17. The van der Waals surface area contributed by atoms with Crippen molar-refractivity contribution < 1.29 is 9.90 Å². The van der Waals surface area contributed by atoms with Crippen LogP contribution in [0.5, 0.6) is 0 Å². The zero-order valence-electron chi connectivity index (χ0n) is 11.5. The van der Waals surface area contributed by atoms with Gasteiger partial charge in [-0.1, -0.05) is 11.6 Å². The van der Waals surface area contributed by atoms with E-state index in [0.717, 1.165) is 18.7 Å². The van der Waals surface area contributed by atoms with Crippen molar-refractivity contribution in [3.05, 3.63) is 23.0 Å². The molecule has 0 spiro atoms. The number of aliphatic hydroxyl groups excluding tert-OH is 1. The summed E-state index contributed by atoms with van der Waals surface area (Å²) in [6.07, 6.45) is 1.55. The Morgan fingerprint density at radius 1 is 1.45 bits per heavy atom. The number of hydrogen-bond donors (Lipinski definition) is 2. The molecule has 0 atom stereocenters. The zero-order chi connectivity index (χ0) is 14.5. The van der Waals surface area contributed by atoms with E-state index in [0.29, 0.717) is 30.5 Å². The Hall–Kier alpha value is -1.37. The summed E-state index contributed by atoms with van der Waals surface area (Å²) in [6, 6.07) is 1.67. The molecule has 1 aliphatic rings. The van der Waals surface area contributed by atoms with E-state index in [1.165, 1.54) is 0 Å². The topological polar surface area (TPSA) is 68.7 Å². The van der Waals surface area contributed by atoms with Crippen LogP contribution in [-0.4, -0.2) is 65.3 Å². The summed E-state index contributed by atoms with van der Waals surface area (Å²) in [5, 5.41) is 12.2. The SMILES string of the molecule is Cc1cc(NC(=O)N2CCN(CCO)CC2)cnc1Cl. The number of aromatic nitrogens is 1. The molecular formula is C13H19ClN4O2. The second-order valence-electron chi connectivity index (χ2n) is 4.81. The van der Waals surface area contributed by atoms with Gasteiger partial charge >= 0.3 is 6.03 Å². The number of pyridine rings is 1. The van der Waals surface area contributed by atoms with Crippen molar-refractivity contribution in [1.29, 1.82) is 0 Å². The molecule has 0 aliphatic carbocycles. The number of nitrogens with zero attached hydrogens (tertiary/aromatic N) is 3. The number of aryl methyl sites for hydroxylation is 1. The number of nitrogens with one attached hydrogen (secondary N) is 1. The first-order valence-electron chi connectivity index (χ1n) is 6.61. The minimum Gasteiger partial charge on any atom is -0.395 e. The van der Waals surface area contributed by atoms with E-state index in [2.05, 4.69) is 15.2 Å². The van der Waals surface area contributed by atoms with E-state index in [9.17, 15) is 4.79 Å². The van der Waals surface area contributed by atoms with Gasteiger partial charge in [-0.3, -0.25) is 4.90 Å². The zero-order valence-corrected chi connectivity index (χ0v) is 12.2. The quantitative estimate of drug-likeness (QED) is 0.823. The number of anilines is 1. The number of hydrogen-bond acceptors (Lipinski definition) is 4. The van der Waals surface area contributed by atoms with Crippen molar-refractivity contribution in [2.45, 2.75) is 6.92 Å². The highest BCUT2D eigenvalue weighted by Crippen LogP contribution is 2.16. The van der Waals surface area contributed by atoms with E-state index < -0.39 is 0 Å². The lowest BCUT2D eigenvalue weighted by molar-refractivity contribution is 0.127. The number of carbonyl (C=O) groups is 1. The maximum Gasteiger partial charge on any atom is 0.321 e. The lowest BCUT2D eigenvalue weighted by atomic mass is 10.3. The molecule has 1 saturated heterocycles.